The Morgan fingerprint density at radius 2 is 2.41 bits per heavy atom. The number of rotatable bonds is 3. The van der Waals surface area contributed by atoms with Gasteiger partial charge in [0.05, 0.1) is 5.69 Å². The third-order valence-corrected chi connectivity index (χ3v) is 4.35. The fourth-order valence-electron chi connectivity index (χ4n) is 2.61. The Morgan fingerprint density at radius 3 is 3.18 bits per heavy atom. The molecular formula is C16H17ClN4S. The normalized spacial score (nSPS) is 13.6. The van der Waals surface area contributed by atoms with Gasteiger partial charge in [0.25, 0.3) is 0 Å². The topological polar surface area (TPSA) is 44.0 Å². The molecule has 6 heteroatoms. The van der Waals surface area contributed by atoms with Crippen molar-refractivity contribution >= 4 is 28.9 Å². The molecule has 2 N–H and O–H groups in total. The summed E-state index contributed by atoms with van der Waals surface area (Å²) in [5, 5.41) is 12.3. The van der Waals surface area contributed by atoms with Crippen LogP contribution in [0.15, 0.2) is 36.9 Å². The van der Waals surface area contributed by atoms with E-state index in [9.17, 15) is 0 Å². The summed E-state index contributed by atoms with van der Waals surface area (Å²) in [5.41, 5.74) is 4.35. The van der Waals surface area contributed by atoms with E-state index in [0.29, 0.717) is 11.6 Å². The Labute approximate surface area is 140 Å². The van der Waals surface area contributed by atoms with Crippen molar-refractivity contribution in [3.8, 4) is 11.3 Å². The average molecular weight is 333 g/mol. The van der Waals surface area contributed by atoms with E-state index in [1.165, 1.54) is 11.3 Å². The lowest BCUT2D eigenvalue weighted by atomic mass is 10.0. The molecule has 0 bridgehead atoms. The largest absolute Gasteiger partial charge is 0.359 e. The second-order valence-corrected chi connectivity index (χ2v) is 6.01. The van der Waals surface area contributed by atoms with Crippen LogP contribution in [0.1, 0.15) is 11.3 Å². The van der Waals surface area contributed by atoms with Gasteiger partial charge in [-0.15, -0.1) is 6.58 Å². The van der Waals surface area contributed by atoms with Crippen molar-refractivity contribution < 1.29 is 0 Å². The van der Waals surface area contributed by atoms with Gasteiger partial charge in [-0.2, -0.15) is 5.10 Å². The van der Waals surface area contributed by atoms with Gasteiger partial charge >= 0.3 is 0 Å². The number of thiocarbonyl (C=S) groups is 1. The highest BCUT2D eigenvalue weighted by Crippen LogP contribution is 2.29. The lowest BCUT2D eigenvalue weighted by molar-refractivity contribution is 0.388. The molecule has 2 heterocycles. The standard InChI is InChI=1S/C16H17ClN4S/c1-2-7-18-16(22)21-8-6-14-13(10-21)15(20-19-14)11-4-3-5-12(17)9-11/h2-5,9H,1,6-8,10H2,(H,18,22)(H,19,20). The van der Waals surface area contributed by atoms with Crippen LogP contribution in [0.5, 0.6) is 0 Å². The van der Waals surface area contributed by atoms with Crippen LogP contribution in [-0.4, -0.2) is 33.3 Å². The molecule has 0 atom stereocenters. The number of nitrogens with zero attached hydrogens (tertiary/aromatic N) is 2. The number of fused-ring (bicyclic) bond motifs is 1. The first kappa shape index (κ1) is 15.1. The first-order valence-corrected chi connectivity index (χ1v) is 7.93. The molecule has 0 radical (unpaired) electrons. The molecule has 2 aromatic rings. The summed E-state index contributed by atoms with van der Waals surface area (Å²) >= 11 is 11.5. The lowest BCUT2D eigenvalue weighted by Gasteiger charge is -2.29. The molecule has 1 aromatic heterocycles. The van der Waals surface area contributed by atoms with Crippen LogP contribution < -0.4 is 5.32 Å². The summed E-state index contributed by atoms with van der Waals surface area (Å²) in [6, 6.07) is 7.77. The minimum absolute atomic E-state index is 0.675. The molecule has 22 heavy (non-hydrogen) atoms. The number of aromatic amines is 1. The molecule has 1 aliphatic rings. The summed E-state index contributed by atoms with van der Waals surface area (Å²) in [7, 11) is 0. The Balaban J connectivity index is 1.85. The molecule has 114 valence electrons. The second kappa shape index (κ2) is 6.50. The van der Waals surface area contributed by atoms with Crippen LogP contribution in [0.2, 0.25) is 5.02 Å². The smallest absolute Gasteiger partial charge is 0.169 e. The number of benzene rings is 1. The summed E-state index contributed by atoms with van der Waals surface area (Å²) in [5.74, 6) is 0. The van der Waals surface area contributed by atoms with E-state index in [-0.39, 0.29) is 0 Å². The number of hydrogen-bond acceptors (Lipinski definition) is 2. The number of halogens is 1. The van der Waals surface area contributed by atoms with Crippen LogP contribution >= 0.6 is 23.8 Å². The molecule has 0 amide bonds. The zero-order valence-electron chi connectivity index (χ0n) is 12.1. The second-order valence-electron chi connectivity index (χ2n) is 5.19. The molecule has 0 aliphatic carbocycles. The predicted octanol–water partition coefficient (Wildman–Crippen LogP) is 3.15. The summed E-state index contributed by atoms with van der Waals surface area (Å²) < 4.78 is 0. The summed E-state index contributed by atoms with van der Waals surface area (Å²) in [4.78, 5) is 2.16. The van der Waals surface area contributed by atoms with Crippen molar-refractivity contribution in [2.24, 2.45) is 0 Å². The molecular weight excluding hydrogens is 316 g/mol. The summed E-state index contributed by atoms with van der Waals surface area (Å²) in [6.45, 7) is 6.00. The van der Waals surface area contributed by atoms with Crippen molar-refractivity contribution in [2.75, 3.05) is 13.1 Å². The Bertz CT molecular complexity index is 710. The van der Waals surface area contributed by atoms with Gasteiger partial charge in [-0.05, 0) is 24.4 Å². The molecule has 0 saturated heterocycles. The third-order valence-electron chi connectivity index (χ3n) is 3.72. The highest BCUT2D eigenvalue weighted by atomic mass is 35.5. The predicted molar refractivity (Wildman–Crippen MR) is 93.9 cm³/mol. The van der Waals surface area contributed by atoms with E-state index in [2.05, 4.69) is 27.0 Å². The molecule has 4 nitrogen and oxygen atoms in total. The van der Waals surface area contributed by atoms with Crippen LogP contribution in [0.4, 0.5) is 0 Å². The Kier molecular flexibility index (Phi) is 4.45. The van der Waals surface area contributed by atoms with Crippen molar-refractivity contribution in [3.63, 3.8) is 0 Å². The van der Waals surface area contributed by atoms with Crippen LogP contribution in [-0.2, 0) is 13.0 Å². The minimum atomic E-state index is 0.675. The van der Waals surface area contributed by atoms with Gasteiger partial charge < -0.3 is 10.2 Å². The van der Waals surface area contributed by atoms with Gasteiger partial charge in [-0.1, -0.05) is 29.8 Å². The van der Waals surface area contributed by atoms with Crippen molar-refractivity contribution in [1.29, 1.82) is 0 Å². The first-order chi connectivity index (χ1) is 10.7. The summed E-state index contributed by atoms with van der Waals surface area (Å²) in [6.07, 6.45) is 2.70. The quantitative estimate of drug-likeness (QED) is 0.669. The highest BCUT2D eigenvalue weighted by Gasteiger charge is 2.24. The molecule has 1 aromatic carbocycles. The van der Waals surface area contributed by atoms with Gasteiger partial charge in [0.15, 0.2) is 5.11 Å². The highest BCUT2D eigenvalue weighted by molar-refractivity contribution is 7.80. The van der Waals surface area contributed by atoms with E-state index >= 15 is 0 Å². The SMILES string of the molecule is C=CCNC(=S)N1CCc2[nH]nc(-c3cccc(Cl)c3)c2C1. The Morgan fingerprint density at radius 1 is 1.55 bits per heavy atom. The Hall–Kier alpha value is -1.85. The number of aromatic nitrogens is 2. The molecule has 0 saturated carbocycles. The zero-order valence-corrected chi connectivity index (χ0v) is 13.7. The van der Waals surface area contributed by atoms with E-state index < -0.39 is 0 Å². The fourth-order valence-corrected chi connectivity index (χ4v) is 3.04. The van der Waals surface area contributed by atoms with Gasteiger partial charge in [0.1, 0.15) is 0 Å². The van der Waals surface area contributed by atoms with Crippen molar-refractivity contribution in [2.45, 2.75) is 13.0 Å². The van der Waals surface area contributed by atoms with E-state index in [0.717, 1.165) is 35.9 Å². The van der Waals surface area contributed by atoms with Gasteiger partial charge in [0.2, 0.25) is 0 Å². The first-order valence-electron chi connectivity index (χ1n) is 7.14. The molecule has 3 rings (SSSR count). The fraction of sp³-hybridized carbons (Fsp3) is 0.250. The van der Waals surface area contributed by atoms with Gasteiger partial charge in [-0.25, -0.2) is 0 Å². The van der Waals surface area contributed by atoms with E-state index in [4.69, 9.17) is 23.8 Å². The maximum atomic E-state index is 6.09. The molecule has 0 fully saturated rings. The molecule has 0 spiro atoms. The van der Waals surface area contributed by atoms with Gasteiger partial charge in [-0.3, -0.25) is 5.10 Å². The average Bonchev–Trinajstić information content (AvgIpc) is 2.95. The third kappa shape index (κ3) is 3.00. The van der Waals surface area contributed by atoms with Crippen molar-refractivity contribution in [1.82, 2.24) is 20.4 Å². The van der Waals surface area contributed by atoms with Crippen molar-refractivity contribution in [3.05, 3.63) is 53.2 Å². The van der Waals surface area contributed by atoms with E-state index in [1.54, 1.807) is 6.08 Å². The maximum absolute atomic E-state index is 6.09. The van der Waals surface area contributed by atoms with Crippen LogP contribution in [0, 0.1) is 0 Å². The zero-order chi connectivity index (χ0) is 15.5. The lowest BCUT2D eigenvalue weighted by Crippen LogP contribution is -2.42. The van der Waals surface area contributed by atoms with Crippen LogP contribution in [0.3, 0.4) is 0 Å². The molecule has 1 aliphatic heterocycles. The van der Waals surface area contributed by atoms with Crippen LogP contribution in [0.25, 0.3) is 11.3 Å². The number of hydrogen-bond donors (Lipinski definition) is 2. The maximum Gasteiger partial charge on any atom is 0.169 e. The molecule has 0 unspecified atom stereocenters. The van der Waals surface area contributed by atoms with E-state index in [1.807, 2.05) is 24.3 Å². The van der Waals surface area contributed by atoms with Gasteiger partial charge in [0, 0.05) is 47.9 Å². The number of nitrogens with one attached hydrogen (secondary N) is 2. The number of H-pyrrole nitrogens is 1. The minimum Gasteiger partial charge on any atom is -0.359 e. The monoisotopic (exact) mass is 332 g/mol.